The average molecular weight is 325 g/mol. The lowest BCUT2D eigenvalue weighted by atomic mass is 10.2. The molecule has 0 fully saturated rings. The van der Waals surface area contributed by atoms with E-state index in [1.54, 1.807) is 30.1 Å². The zero-order valence-corrected chi connectivity index (χ0v) is 12.1. The first-order valence-electron chi connectivity index (χ1n) is 4.76. The number of benzene rings is 1. The number of amides is 1. The zero-order chi connectivity index (χ0) is 12.3. The normalized spacial score (nSPS) is 12.3. The van der Waals surface area contributed by atoms with Crippen molar-refractivity contribution in [1.82, 2.24) is 4.90 Å². The van der Waals surface area contributed by atoms with Crippen molar-refractivity contribution in [2.75, 3.05) is 13.6 Å². The molecule has 1 aromatic rings. The number of hydrogen-bond acceptors (Lipinski definition) is 1. The van der Waals surface area contributed by atoms with E-state index in [9.17, 15) is 4.79 Å². The maximum Gasteiger partial charge on any atom is 0.253 e. The molecule has 0 aromatic heterocycles. The van der Waals surface area contributed by atoms with E-state index in [1.165, 1.54) is 0 Å². The monoisotopic (exact) mass is 323 g/mol. The molecule has 0 saturated heterocycles. The summed E-state index contributed by atoms with van der Waals surface area (Å²) in [5, 5.41) is 0.937. The van der Waals surface area contributed by atoms with Gasteiger partial charge in [0.05, 0.1) is 0 Å². The molecule has 0 N–H and O–H groups in total. The predicted octanol–water partition coefficient (Wildman–Crippen LogP) is 3.85. The number of carbonyl (C=O) groups is 1. The van der Waals surface area contributed by atoms with Crippen LogP contribution >= 0.6 is 39.1 Å². The van der Waals surface area contributed by atoms with Crippen molar-refractivity contribution in [3.05, 3.63) is 33.8 Å². The molecule has 88 valence electrons. The molecule has 2 nitrogen and oxygen atoms in total. The van der Waals surface area contributed by atoms with Crippen LogP contribution in [0.3, 0.4) is 0 Å². The van der Waals surface area contributed by atoms with Crippen molar-refractivity contribution < 1.29 is 4.79 Å². The quantitative estimate of drug-likeness (QED) is 0.773. The fourth-order valence-electron chi connectivity index (χ4n) is 1.36. The van der Waals surface area contributed by atoms with Crippen LogP contribution in [0, 0.1) is 0 Å². The molecule has 0 aliphatic carbocycles. The van der Waals surface area contributed by atoms with Crippen molar-refractivity contribution in [3.8, 4) is 0 Å². The van der Waals surface area contributed by atoms with E-state index in [2.05, 4.69) is 15.9 Å². The molecule has 16 heavy (non-hydrogen) atoms. The summed E-state index contributed by atoms with van der Waals surface area (Å²) in [4.78, 5) is 13.8. The first kappa shape index (κ1) is 13.8. The third kappa shape index (κ3) is 3.96. The topological polar surface area (TPSA) is 20.3 Å². The van der Waals surface area contributed by atoms with E-state index in [0.717, 1.165) is 0 Å². The summed E-state index contributed by atoms with van der Waals surface area (Å²) in [5.41, 5.74) is 0.508. The van der Waals surface area contributed by atoms with Gasteiger partial charge in [0.25, 0.3) is 5.91 Å². The standard InChI is InChI=1S/C11H12BrCl2NO/c1-7(12)6-15(2)11(16)8-3-9(13)5-10(14)4-8/h3-5,7H,6H2,1-2H3. The Morgan fingerprint density at radius 2 is 1.88 bits per heavy atom. The van der Waals surface area contributed by atoms with Crippen LogP contribution in [0.5, 0.6) is 0 Å². The molecular formula is C11H12BrCl2NO. The number of alkyl halides is 1. The van der Waals surface area contributed by atoms with Gasteiger partial charge in [-0.2, -0.15) is 0 Å². The van der Waals surface area contributed by atoms with Crippen LogP contribution in [-0.4, -0.2) is 29.2 Å². The highest BCUT2D eigenvalue weighted by molar-refractivity contribution is 9.09. The fraction of sp³-hybridized carbons (Fsp3) is 0.364. The van der Waals surface area contributed by atoms with Crippen molar-refractivity contribution in [2.24, 2.45) is 0 Å². The molecular weight excluding hydrogens is 313 g/mol. The number of carbonyl (C=O) groups excluding carboxylic acids is 1. The van der Waals surface area contributed by atoms with Gasteiger partial charge in [-0.25, -0.2) is 0 Å². The Bertz CT molecular complexity index is 375. The molecule has 5 heteroatoms. The summed E-state index contributed by atoms with van der Waals surface area (Å²) in [6, 6.07) is 4.84. The smallest absolute Gasteiger partial charge is 0.253 e. The second-order valence-corrected chi connectivity index (χ2v) is 6.06. The van der Waals surface area contributed by atoms with Crippen molar-refractivity contribution in [3.63, 3.8) is 0 Å². The van der Waals surface area contributed by atoms with Crippen molar-refractivity contribution >= 4 is 45.0 Å². The molecule has 0 aliphatic rings. The van der Waals surface area contributed by atoms with Crippen molar-refractivity contribution in [1.29, 1.82) is 0 Å². The Hall–Kier alpha value is -0.250. The number of nitrogens with zero attached hydrogens (tertiary/aromatic N) is 1. The minimum absolute atomic E-state index is 0.0873. The van der Waals surface area contributed by atoms with Crippen LogP contribution in [0.4, 0.5) is 0 Å². The Balaban J connectivity index is 2.87. The third-order valence-corrected chi connectivity index (χ3v) is 2.71. The Labute approximate surface area is 114 Å². The van der Waals surface area contributed by atoms with Gasteiger partial charge in [-0.1, -0.05) is 46.1 Å². The number of halogens is 3. The third-order valence-electron chi connectivity index (χ3n) is 1.98. The van der Waals surface area contributed by atoms with Crippen LogP contribution in [0.1, 0.15) is 17.3 Å². The summed E-state index contributed by atoms with van der Waals surface area (Å²) in [7, 11) is 1.74. The first-order valence-corrected chi connectivity index (χ1v) is 6.43. The van der Waals surface area contributed by atoms with Gasteiger partial charge in [0.1, 0.15) is 0 Å². The summed E-state index contributed by atoms with van der Waals surface area (Å²) in [6.07, 6.45) is 0. The van der Waals surface area contributed by atoms with Gasteiger partial charge >= 0.3 is 0 Å². The molecule has 1 aromatic carbocycles. The summed E-state index contributed by atoms with van der Waals surface area (Å²) in [5.74, 6) is -0.0873. The molecule has 1 atom stereocenters. The van der Waals surface area contributed by atoms with Crippen LogP contribution < -0.4 is 0 Å². The van der Waals surface area contributed by atoms with Gasteiger partial charge in [0, 0.05) is 34.0 Å². The second kappa shape index (κ2) is 5.89. The summed E-state index contributed by atoms with van der Waals surface area (Å²) >= 11 is 15.1. The highest BCUT2D eigenvalue weighted by atomic mass is 79.9. The van der Waals surface area contributed by atoms with E-state index in [0.29, 0.717) is 22.2 Å². The largest absolute Gasteiger partial charge is 0.341 e. The van der Waals surface area contributed by atoms with E-state index in [4.69, 9.17) is 23.2 Å². The first-order chi connectivity index (χ1) is 7.40. The molecule has 0 bridgehead atoms. The molecule has 0 aliphatic heterocycles. The van der Waals surface area contributed by atoms with Gasteiger partial charge in [0.15, 0.2) is 0 Å². The van der Waals surface area contributed by atoms with Gasteiger partial charge in [-0.15, -0.1) is 0 Å². The lowest BCUT2D eigenvalue weighted by molar-refractivity contribution is 0.0797. The highest BCUT2D eigenvalue weighted by Gasteiger charge is 2.14. The molecule has 0 radical (unpaired) electrons. The lowest BCUT2D eigenvalue weighted by Gasteiger charge is -2.18. The average Bonchev–Trinajstić information content (AvgIpc) is 2.13. The lowest BCUT2D eigenvalue weighted by Crippen LogP contribution is -2.31. The molecule has 0 heterocycles. The zero-order valence-electron chi connectivity index (χ0n) is 9.01. The molecule has 1 unspecified atom stereocenters. The summed E-state index contributed by atoms with van der Waals surface area (Å²) in [6.45, 7) is 2.61. The minimum Gasteiger partial charge on any atom is -0.341 e. The van der Waals surface area contributed by atoms with E-state index < -0.39 is 0 Å². The van der Waals surface area contributed by atoms with Gasteiger partial charge in [0.2, 0.25) is 0 Å². The predicted molar refractivity (Wildman–Crippen MR) is 71.8 cm³/mol. The van der Waals surface area contributed by atoms with Gasteiger partial charge < -0.3 is 4.90 Å². The van der Waals surface area contributed by atoms with Crippen LogP contribution in [0.25, 0.3) is 0 Å². The summed E-state index contributed by atoms with van der Waals surface area (Å²) < 4.78 is 0. The maximum absolute atomic E-state index is 12.0. The molecule has 1 rings (SSSR count). The Morgan fingerprint density at radius 1 is 1.38 bits per heavy atom. The molecule has 0 spiro atoms. The van der Waals surface area contributed by atoms with E-state index in [1.807, 2.05) is 6.92 Å². The van der Waals surface area contributed by atoms with Gasteiger partial charge in [-0.05, 0) is 18.2 Å². The van der Waals surface area contributed by atoms with Crippen molar-refractivity contribution in [2.45, 2.75) is 11.8 Å². The SMILES string of the molecule is CC(Br)CN(C)C(=O)c1cc(Cl)cc(Cl)c1. The Kier molecular flexibility index (Phi) is 5.09. The molecule has 1 amide bonds. The van der Waals surface area contributed by atoms with Crippen LogP contribution in [0.2, 0.25) is 10.0 Å². The number of hydrogen-bond donors (Lipinski definition) is 0. The fourth-order valence-corrected chi connectivity index (χ4v) is 2.32. The highest BCUT2D eigenvalue weighted by Crippen LogP contribution is 2.20. The van der Waals surface area contributed by atoms with E-state index in [-0.39, 0.29) is 10.7 Å². The molecule has 0 saturated carbocycles. The maximum atomic E-state index is 12.0. The van der Waals surface area contributed by atoms with Gasteiger partial charge in [-0.3, -0.25) is 4.79 Å². The number of rotatable bonds is 3. The second-order valence-electron chi connectivity index (χ2n) is 3.62. The van der Waals surface area contributed by atoms with E-state index >= 15 is 0 Å². The minimum atomic E-state index is -0.0873. The van der Waals surface area contributed by atoms with Crippen LogP contribution in [0.15, 0.2) is 18.2 Å². The van der Waals surface area contributed by atoms with Crippen LogP contribution in [-0.2, 0) is 0 Å². The Morgan fingerprint density at radius 3 is 2.31 bits per heavy atom.